The van der Waals surface area contributed by atoms with Gasteiger partial charge in [-0.3, -0.25) is 9.59 Å². The van der Waals surface area contributed by atoms with Gasteiger partial charge in [0, 0.05) is 12.6 Å². The van der Waals surface area contributed by atoms with Crippen molar-refractivity contribution in [2.75, 3.05) is 11.4 Å². The molecule has 1 aromatic rings. The molecule has 6 heteroatoms. The third-order valence-corrected chi connectivity index (χ3v) is 5.41. The number of carboxylic acid groups (broad SMARTS) is 1. The molecule has 0 spiro atoms. The molecule has 1 heterocycles. The standard InChI is InChI=1S/C18H23ClN2O3/c19-14-4-1-2-6-16(14)21-11-3-5-15(17(21)22)20-13-9-7-12(8-10-13)18(23)24/h1-2,4,6,12-13,15,20H,3,5,7-11H2,(H,23,24). The Labute approximate surface area is 147 Å². The number of para-hydroxylation sites is 1. The van der Waals surface area contributed by atoms with Gasteiger partial charge < -0.3 is 15.3 Å². The summed E-state index contributed by atoms with van der Waals surface area (Å²) in [5.41, 5.74) is 0.769. The quantitative estimate of drug-likeness (QED) is 0.875. The van der Waals surface area contributed by atoms with E-state index < -0.39 is 5.97 Å². The van der Waals surface area contributed by atoms with Gasteiger partial charge in [-0.15, -0.1) is 0 Å². The maximum atomic E-state index is 12.8. The van der Waals surface area contributed by atoms with Crippen LogP contribution in [0.25, 0.3) is 0 Å². The predicted molar refractivity (Wildman–Crippen MR) is 93.3 cm³/mol. The van der Waals surface area contributed by atoms with Gasteiger partial charge in [0.05, 0.1) is 22.7 Å². The number of anilines is 1. The lowest BCUT2D eigenvalue weighted by Crippen LogP contribution is -2.54. The zero-order valence-corrected chi connectivity index (χ0v) is 14.3. The van der Waals surface area contributed by atoms with Crippen molar-refractivity contribution < 1.29 is 14.7 Å². The third kappa shape index (κ3) is 3.73. The number of carbonyl (C=O) groups excluding carboxylic acids is 1. The summed E-state index contributed by atoms with van der Waals surface area (Å²) in [4.78, 5) is 25.6. The Morgan fingerprint density at radius 3 is 2.54 bits per heavy atom. The molecule has 0 aromatic heterocycles. The van der Waals surface area contributed by atoms with Gasteiger partial charge in [0.15, 0.2) is 0 Å². The zero-order chi connectivity index (χ0) is 17.1. The number of rotatable bonds is 4. The molecule has 1 saturated carbocycles. The van der Waals surface area contributed by atoms with Crippen LogP contribution in [-0.2, 0) is 9.59 Å². The molecular weight excluding hydrogens is 328 g/mol. The first-order chi connectivity index (χ1) is 11.6. The van der Waals surface area contributed by atoms with Gasteiger partial charge in [0.25, 0.3) is 0 Å². The minimum atomic E-state index is -0.702. The fraction of sp³-hybridized carbons (Fsp3) is 0.556. The highest BCUT2D eigenvalue weighted by Gasteiger charge is 2.33. The summed E-state index contributed by atoms with van der Waals surface area (Å²) in [5, 5.41) is 13.1. The van der Waals surface area contributed by atoms with Crippen LogP contribution in [0.15, 0.2) is 24.3 Å². The monoisotopic (exact) mass is 350 g/mol. The summed E-state index contributed by atoms with van der Waals surface area (Å²) in [5.74, 6) is -0.869. The number of nitrogens with zero attached hydrogens (tertiary/aromatic N) is 1. The Morgan fingerprint density at radius 2 is 1.88 bits per heavy atom. The molecule has 1 aliphatic carbocycles. The van der Waals surface area contributed by atoms with E-state index in [2.05, 4.69) is 5.32 Å². The number of carbonyl (C=O) groups is 2. The number of benzene rings is 1. The van der Waals surface area contributed by atoms with Crippen LogP contribution in [0, 0.1) is 5.92 Å². The van der Waals surface area contributed by atoms with Crippen molar-refractivity contribution in [3.63, 3.8) is 0 Å². The molecular formula is C18H23ClN2O3. The topological polar surface area (TPSA) is 69.6 Å². The molecule has 24 heavy (non-hydrogen) atoms. The highest BCUT2D eigenvalue weighted by Crippen LogP contribution is 2.30. The molecule has 1 saturated heterocycles. The minimum Gasteiger partial charge on any atom is -0.481 e. The first-order valence-electron chi connectivity index (χ1n) is 8.61. The Morgan fingerprint density at radius 1 is 1.17 bits per heavy atom. The number of aliphatic carboxylic acids is 1. The summed E-state index contributed by atoms with van der Waals surface area (Å²) >= 11 is 6.24. The minimum absolute atomic E-state index is 0.0645. The van der Waals surface area contributed by atoms with Crippen molar-refractivity contribution in [1.82, 2.24) is 5.32 Å². The Hall–Kier alpha value is -1.59. The number of hydrogen-bond acceptors (Lipinski definition) is 3. The molecule has 2 N–H and O–H groups in total. The molecule has 1 atom stereocenters. The van der Waals surface area contributed by atoms with Crippen LogP contribution >= 0.6 is 11.6 Å². The summed E-state index contributed by atoms with van der Waals surface area (Å²) in [6.45, 7) is 0.687. The number of piperidine rings is 1. The van der Waals surface area contributed by atoms with Gasteiger partial charge in [0.2, 0.25) is 5.91 Å². The largest absolute Gasteiger partial charge is 0.481 e. The lowest BCUT2D eigenvalue weighted by atomic mass is 9.85. The third-order valence-electron chi connectivity index (χ3n) is 5.10. The van der Waals surface area contributed by atoms with E-state index in [9.17, 15) is 9.59 Å². The fourth-order valence-corrected chi connectivity index (χ4v) is 3.97. The molecule has 1 aromatic carbocycles. The average Bonchev–Trinajstić information content (AvgIpc) is 2.58. The maximum Gasteiger partial charge on any atom is 0.306 e. The number of hydrogen-bond donors (Lipinski definition) is 2. The van der Waals surface area contributed by atoms with Crippen LogP contribution in [0.2, 0.25) is 5.02 Å². The van der Waals surface area contributed by atoms with Gasteiger partial charge in [-0.1, -0.05) is 23.7 Å². The SMILES string of the molecule is O=C(O)C1CCC(NC2CCCN(c3ccccc3Cl)C2=O)CC1. The lowest BCUT2D eigenvalue weighted by molar-refractivity contribution is -0.143. The molecule has 1 unspecified atom stereocenters. The Kier molecular flexibility index (Phi) is 5.41. The van der Waals surface area contributed by atoms with Crippen LogP contribution in [0.3, 0.4) is 0 Å². The van der Waals surface area contributed by atoms with Gasteiger partial charge >= 0.3 is 5.97 Å². The number of carboxylic acids is 1. The van der Waals surface area contributed by atoms with Gasteiger partial charge in [0.1, 0.15) is 0 Å². The summed E-state index contributed by atoms with van der Waals surface area (Å²) in [6.07, 6.45) is 4.74. The molecule has 130 valence electrons. The number of halogens is 1. The van der Waals surface area contributed by atoms with Crippen LogP contribution in [0.5, 0.6) is 0 Å². The second-order valence-electron chi connectivity index (χ2n) is 6.69. The van der Waals surface area contributed by atoms with Crippen LogP contribution < -0.4 is 10.2 Å². The van der Waals surface area contributed by atoms with Crippen LogP contribution in [0.4, 0.5) is 5.69 Å². The van der Waals surface area contributed by atoms with Crippen LogP contribution in [-0.4, -0.2) is 35.6 Å². The van der Waals surface area contributed by atoms with E-state index in [0.29, 0.717) is 24.4 Å². The van der Waals surface area contributed by atoms with Crippen molar-refractivity contribution in [3.05, 3.63) is 29.3 Å². The van der Waals surface area contributed by atoms with E-state index in [-0.39, 0.29) is 23.9 Å². The maximum absolute atomic E-state index is 12.8. The summed E-state index contributed by atoms with van der Waals surface area (Å²) in [6, 6.07) is 7.44. The summed E-state index contributed by atoms with van der Waals surface area (Å²) in [7, 11) is 0. The van der Waals surface area contributed by atoms with E-state index in [0.717, 1.165) is 31.4 Å². The van der Waals surface area contributed by atoms with E-state index in [1.165, 1.54) is 0 Å². The zero-order valence-electron chi connectivity index (χ0n) is 13.6. The van der Waals surface area contributed by atoms with Gasteiger partial charge in [-0.25, -0.2) is 0 Å². The van der Waals surface area contributed by atoms with Gasteiger partial charge in [-0.05, 0) is 50.7 Å². The second kappa shape index (κ2) is 7.53. The van der Waals surface area contributed by atoms with Crippen molar-refractivity contribution in [1.29, 1.82) is 0 Å². The smallest absolute Gasteiger partial charge is 0.306 e. The first-order valence-corrected chi connectivity index (χ1v) is 8.99. The average molecular weight is 351 g/mol. The lowest BCUT2D eigenvalue weighted by Gasteiger charge is -2.36. The fourth-order valence-electron chi connectivity index (χ4n) is 3.73. The van der Waals surface area contributed by atoms with Crippen molar-refractivity contribution in [3.8, 4) is 0 Å². The molecule has 5 nitrogen and oxygen atoms in total. The Bertz CT molecular complexity index is 614. The molecule has 1 aliphatic heterocycles. The normalized spacial score (nSPS) is 28.0. The molecule has 2 aliphatic rings. The Balaban J connectivity index is 1.62. The first kappa shape index (κ1) is 17.2. The van der Waals surface area contributed by atoms with Crippen molar-refractivity contribution in [2.24, 2.45) is 5.92 Å². The van der Waals surface area contributed by atoms with E-state index in [1.54, 1.807) is 11.0 Å². The molecule has 2 fully saturated rings. The van der Waals surface area contributed by atoms with E-state index in [1.807, 2.05) is 18.2 Å². The second-order valence-corrected chi connectivity index (χ2v) is 7.10. The van der Waals surface area contributed by atoms with Gasteiger partial charge in [-0.2, -0.15) is 0 Å². The molecule has 1 amide bonds. The van der Waals surface area contributed by atoms with E-state index >= 15 is 0 Å². The van der Waals surface area contributed by atoms with Crippen molar-refractivity contribution >= 4 is 29.2 Å². The molecule has 0 radical (unpaired) electrons. The molecule has 0 bridgehead atoms. The number of amides is 1. The van der Waals surface area contributed by atoms with E-state index in [4.69, 9.17) is 16.7 Å². The van der Waals surface area contributed by atoms with Crippen molar-refractivity contribution in [2.45, 2.75) is 50.6 Å². The summed E-state index contributed by atoms with van der Waals surface area (Å²) < 4.78 is 0. The number of nitrogens with one attached hydrogen (secondary N) is 1. The van der Waals surface area contributed by atoms with Crippen LogP contribution in [0.1, 0.15) is 38.5 Å². The highest BCUT2D eigenvalue weighted by atomic mass is 35.5. The highest BCUT2D eigenvalue weighted by molar-refractivity contribution is 6.33. The molecule has 3 rings (SSSR count). The predicted octanol–water partition coefficient (Wildman–Crippen LogP) is 3.07.